The third kappa shape index (κ3) is 4.28. The van der Waals surface area contributed by atoms with Gasteiger partial charge in [-0.1, -0.05) is 6.07 Å². The molecule has 0 aliphatic rings. The van der Waals surface area contributed by atoms with Crippen LogP contribution in [0.15, 0.2) is 24.4 Å². The summed E-state index contributed by atoms with van der Waals surface area (Å²) in [4.78, 5) is 14.1. The van der Waals surface area contributed by atoms with Gasteiger partial charge in [-0.2, -0.15) is 0 Å². The Hall–Kier alpha value is -1.35. The summed E-state index contributed by atoms with van der Waals surface area (Å²) in [7, 11) is 0. The normalized spacial score (nSPS) is 9.62. The van der Waals surface area contributed by atoms with Crippen LogP contribution >= 0.6 is 12.4 Å². The number of carboxylic acids is 1. The summed E-state index contributed by atoms with van der Waals surface area (Å²) in [5, 5.41) is 8.32. The van der Waals surface area contributed by atoms with Crippen molar-refractivity contribution in [3.8, 4) is 0 Å². The highest BCUT2D eigenvalue weighted by molar-refractivity contribution is 5.85. The van der Waals surface area contributed by atoms with Crippen LogP contribution in [0.4, 0.5) is 0 Å². The molecule has 0 saturated heterocycles. The van der Waals surface area contributed by atoms with Crippen molar-refractivity contribution >= 4 is 24.5 Å². The number of carboxylic acid groups (broad SMARTS) is 1. The first-order chi connectivity index (χ1) is 5.68. The van der Waals surface area contributed by atoms with Crippen LogP contribution < -0.4 is 0 Å². The van der Waals surface area contributed by atoms with E-state index in [1.165, 1.54) is 6.08 Å². The fourth-order valence-corrected chi connectivity index (χ4v) is 0.745. The number of carbonyl (C=O) groups is 1. The topological polar surface area (TPSA) is 50.2 Å². The Morgan fingerprint density at radius 2 is 2.23 bits per heavy atom. The number of aromatic nitrogens is 1. The van der Waals surface area contributed by atoms with E-state index in [2.05, 4.69) is 4.98 Å². The number of hydrogen-bond acceptors (Lipinski definition) is 2. The molecule has 13 heavy (non-hydrogen) atoms. The van der Waals surface area contributed by atoms with Gasteiger partial charge in [-0.15, -0.1) is 12.4 Å². The minimum Gasteiger partial charge on any atom is -0.478 e. The predicted octanol–water partition coefficient (Wildman–Crippen LogP) is 1.91. The molecule has 0 atom stereocenters. The van der Waals surface area contributed by atoms with Gasteiger partial charge in [0.05, 0.1) is 0 Å². The van der Waals surface area contributed by atoms with Gasteiger partial charge in [0.25, 0.3) is 0 Å². The van der Waals surface area contributed by atoms with Crippen LogP contribution in [0.3, 0.4) is 0 Å². The SMILES string of the molecule is Cc1ccc(C=CC(=O)O)cn1.Cl. The molecule has 4 heteroatoms. The Morgan fingerprint density at radius 1 is 1.54 bits per heavy atom. The van der Waals surface area contributed by atoms with Crippen molar-refractivity contribution in [2.75, 3.05) is 0 Å². The van der Waals surface area contributed by atoms with Gasteiger partial charge in [0.15, 0.2) is 0 Å². The molecule has 0 radical (unpaired) electrons. The van der Waals surface area contributed by atoms with Crippen molar-refractivity contribution in [2.24, 2.45) is 0 Å². The van der Waals surface area contributed by atoms with Crippen molar-refractivity contribution in [3.63, 3.8) is 0 Å². The molecule has 1 rings (SSSR count). The van der Waals surface area contributed by atoms with E-state index in [0.29, 0.717) is 0 Å². The Kier molecular flexibility index (Phi) is 4.77. The van der Waals surface area contributed by atoms with Crippen molar-refractivity contribution in [1.82, 2.24) is 4.98 Å². The Labute approximate surface area is 82.5 Å². The standard InChI is InChI=1S/C9H9NO2.ClH/c1-7-2-3-8(6-10-7)4-5-9(11)12;/h2-6H,1H3,(H,11,12);1H. The zero-order valence-electron chi connectivity index (χ0n) is 7.10. The molecular formula is C9H10ClNO2. The minimum atomic E-state index is -0.949. The number of rotatable bonds is 2. The zero-order valence-corrected chi connectivity index (χ0v) is 7.91. The Bertz CT molecular complexity index is 306. The van der Waals surface area contributed by atoms with E-state index in [1.54, 1.807) is 6.20 Å². The van der Waals surface area contributed by atoms with Crippen LogP contribution in [0, 0.1) is 6.92 Å². The van der Waals surface area contributed by atoms with Gasteiger partial charge >= 0.3 is 5.97 Å². The fraction of sp³-hybridized carbons (Fsp3) is 0.111. The van der Waals surface area contributed by atoms with Crippen molar-refractivity contribution in [1.29, 1.82) is 0 Å². The first-order valence-corrected chi connectivity index (χ1v) is 3.52. The summed E-state index contributed by atoms with van der Waals surface area (Å²) in [5.41, 5.74) is 1.71. The van der Waals surface area contributed by atoms with Crippen LogP contribution in [0.5, 0.6) is 0 Å². The fourth-order valence-electron chi connectivity index (χ4n) is 0.745. The highest BCUT2D eigenvalue weighted by Gasteiger charge is 1.89. The summed E-state index contributed by atoms with van der Waals surface area (Å²) in [5.74, 6) is -0.949. The molecule has 1 aromatic rings. The molecule has 0 aliphatic carbocycles. The van der Waals surface area contributed by atoms with E-state index in [1.807, 2.05) is 19.1 Å². The van der Waals surface area contributed by atoms with Crippen LogP contribution in [0.2, 0.25) is 0 Å². The molecule has 0 fully saturated rings. The number of aryl methyl sites for hydroxylation is 1. The molecule has 1 aromatic heterocycles. The van der Waals surface area contributed by atoms with Gasteiger partial charge in [0.1, 0.15) is 0 Å². The first-order valence-electron chi connectivity index (χ1n) is 3.52. The lowest BCUT2D eigenvalue weighted by Crippen LogP contribution is -1.86. The second kappa shape index (κ2) is 5.32. The second-order valence-electron chi connectivity index (χ2n) is 2.40. The summed E-state index contributed by atoms with van der Waals surface area (Å²) in [6.45, 7) is 1.88. The van der Waals surface area contributed by atoms with Crippen molar-refractivity contribution in [3.05, 3.63) is 35.7 Å². The van der Waals surface area contributed by atoms with Crippen LogP contribution in [0.1, 0.15) is 11.3 Å². The molecule has 70 valence electrons. The first kappa shape index (κ1) is 11.6. The van der Waals surface area contributed by atoms with Gasteiger partial charge in [-0.25, -0.2) is 4.79 Å². The lowest BCUT2D eigenvalue weighted by molar-refractivity contribution is -0.131. The third-order valence-electron chi connectivity index (χ3n) is 1.35. The van der Waals surface area contributed by atoms with E-state index in [-0.39, 0.29) is 12.4 Å². The molecule has 0 aliphatic heterocycles. The maximum absolute atomic E-state index is 10.1. The Morgan fingerprint density at radius 3 is 2.69 bits per heavy atom. The van der Waals surface area contributed by atoms with Crippen LogP contribution in [-0.4, -0.2) is 16.1 Å². The van der Waals surface area contributed by atoms with Crippen molar-refractivity contribution < 1.29 is 9.90 Å². The zero-order chi connectivity index (χ0) is 8.97. The summed E-state index contributed by atoms with van der Waals surface area (Å²) >= 11 is 0. The van der Waals surface area contributed by atoms with Gasteiger partial charge in [-0.3, -0.25) is 4.98 Å². The number of aliphatic carboxylic acids is 1. The van der Waals surface area contributed by atoms with Gasteiger partial charge in [0.2, 0.25) is 0 Å². The van der Waals surface area contributed by atoms with E-state index >= 15 is 0 Å². The van der Waals surface area contributed by atoms with E-state index in [0.717, 1.165) is 17.3 Å². The molecule has 0 spiro atoms. The highest BCUT2D eigenvalue weighted by Crippen LogP contribution is 2.00. The summed E-state index contributed by atoms with van der Waals surface area (Å²) in [6.07, 6.45) is 4.23. The van der Waals surface area contributed by atoms with Crippen LogP contribution in [0.25, 0.3) is 6.08 Å². The van der Waals surface area contributed by atoms with E-state index in [4.69, 9.17) is 5.11 Å². The molecule has 0 unspecified atom stereocenters. The summed E-state index contributed by atoms with van der Waals surface area (Å²) < 4.78 is 0. The molecular weight excluding hydrogens is 190 g/mol. The predicted molar refractivity (Wildman–Crippen MR) is 52.9 cm³/mol. The molecule has 3 nitrogen and oxygen atoms in total. The molecule has 1 N–H and O–H groups in total. The minimum absolute atomic E-state index is 0. The van der Waals surface area contributed by atoms with E-state index < -0.39 is 5.97 Å². The van der Waals surface area contributed by atoms with Gasteiger partial charge in [0, 0.05) is 18.0 Å². The molecule has 1 heterocycles. The lowest BCUT2D eigenvalue weighted by Gasteiger charge is -1.92. The maximum atomic E-state index is 10.1. The number of hydrogen-bond donors (Lipinski definition) is 1. The third-order valence-corrected chi connectivity index (χ3v) is 1.35. The number of halogens is 1. The average Bonchev–Trinajstić information content (AvgIpc) is 2.03. The number of pyridine rings is 1. The monoisotopic (exact) mass is 199 g/mol. The van der Waals surface area contributed by atoms with Crippen molar-refractivity contribution in [2.45, 2.75) is 6.92 Å². The highest BCUT2D eigenvalue weighted by atomic mass is 35.5. The largest absolute Gasteiger partial charge is 0.478 e. The maximum Gasteiger partial charge on any atom is 0.328 e. The summed E-state index contributed by atoms with van der Waals surface area (Å²) in [6, 6.07) is 3.66. The molecule has 0 amide bonds. The molecule has 0 bridgehead atoms. The van der Waals surface area contributed by atoms with Gasteiger partial charge in [-0.05, 0) is 24.6 Å². The Balaban J connectivity index is 0.00000144. The second-order valence-corrected chi connectivity index (χ2v) is 2.40. The smallest absolute Gasteiger partial charge is 0.328 e. The number of nitrogens with zero attached hydrogens (tertiary/aromatic N) is 1. The quantitative estimate of drug-likeness (QED) is 0.741. The average molecular weight is 200 g/mol. The van der Waals surface area contributed by atoms with E-state index in [9.17, 15) is 4.79 Å². The molecule has 0 saturated carbocycles. The van der Waals surface area contributed by atoms with Crippen LogP contribution in [-0.2, 0) is 4.79 Å². The lowest BCUT2D eigenvalue weighted by atomic mass is 10.2. The van der Waals surface area contributed by atoms with Gasteiger partial charge < -0.3 is 5.11 Å². The molecule has 0 aromatic carbocycles.